The van der Waals surface area contributed by atoms with E-state index in [4.69, 9.17) is 12.2 Å². The van der Waals surface area contributed by atoms with Gasteiger partial charge in [0, 0.05) is 5.69 Å². The Kier molecular flexibility index (Phi) is 3.77. The average Bonchev–Trinajstić information content (AvgIpc) is 2.81. The van der Waals surface area contributed by atoms with Gasteiger partial charge >= 0.3 is 0 Å². The largest absolute Gasteiger partial charge is 0.341 e. The van der Waals surface area contributed by atoms with E-state index >= 15 is 0 Å². The highest BCUT2D eigenvalue weighted by molar-refractivity contribution is 8.24. The Balaban J connectivity index is 1.72. The minimum absolute atomic E-state index is 0.713. The molecule has 0 aliphatic heterocycles. The molecule has 0 radical (unpaired) electrons. The molecule has 2 nitrogen and oxygen atoms in total. The predicted octanol–water partition coefficient (Wildman–Crippen LogP) is 4.79. The average molecular weight is 302 g/mol. The van der Waals surface area contributed by atoms with E-state index in [1.807, 2.05) is 48.5 Å². The highest BCUT2D eigenvalue weighted by Crippen LogP contribution is 2.30. The number of nitrogens with one attached hydrogen (secondary N) is 1. The number of hydrogen-bond donors (Lipinski definition) is 1. The number of rotatable bonds is 2. The predicted molar refractivity (Wildman–Crippen MR) is 88.1 cm³/mol. The van der Waals surface area contributed by atoms with E-state index in [1.54, 1.807) is 11.3 Å². The summed E-state index contributed by atoms with van der Waals surface area (Å²) in [5.41, 5.74) is 2.03. The lowest BCUT2D eigenvalue weighted by Gasteiger charge is -2.04. The molecule has 2 aromatic carbocycles. The summed E-state index contributed by atoms with van der Waals surface area (Å²) in [6.07, 6.45) is 0. The summed E-state index contributed by atoms with van der Waals surface area (Å²) < 4.78 is 2.87. The Morgan fingerprint density at radius 2 is 1.79 bits per heavy atom. The molecule has 19 heavy (non-hydrogen) atoms. The van der Waals surface area contributed by atoms with Crippen LogP contribution in [0, 0.1) is 0 Å². The minimum atomic E-state index is 0.713. The van der Waals surface area contributed by atoms with Gasteiger partial charge in [-0.1, -0.05) is 42.5 Å². The number of anilines is 1. The molecule has 0 fully saturated rings. The third-order valence-electron chi connectivity index (χ3n) is 2.47. The highest BCUT2D eigenvalue weighted by Gasteiger charge is 2.07. The van der Waals surface area contributed by atoms with E-state index in [-0.39, 0.29) is 0 Å². The first-order chi connectivity index (χ1) is 9.31. The normalized spacial score (nSPS) is 10.5. The van der Waals surface area contributed by atoms with Crippen molar-refractivity contribution in [1.29, 1.82) is 0 Å². The maximum atomic E-state index is 5.34. The Labute approximate surface area is 124 Å². The van der Waals surface area contributed by atoms with Gasteiger partial charge in [-0.15, -0.1) is 11.3 Å². The zero-order valence-corrected chi connectivity index (χ0v) is 12.3. The Morgan fingerprint density at radius 1 is 1.05 bits per heavy atom. The van der Waals surface area contributed by atoms with Crippen LogP contribution >= 0.6 is 35.3 Å². The van der Waals surface area contributed by atoms with Gasteiger partial charge in [0.2, 0.25) is 0 Å². The van der Waals surface area contributed by atoms with Gasteiger partial charge in [0.1, 0.15) is 4.32 Å². The van der Waals surface area contributed by atoms with Crippen molar-refractivity contribution >= 4 is 55.5 Å². The second kappa shape index (κ2) is 5.69. The van der Waals surface area contributed by atoms with Crippen LogP contribution in [0.2, 0.25) is 0 Å². The van der Waals surface area contributed by atoms with Crippen molar-refractivity contribution in [2.24, 2.45) is 0 Å². The van der Waals surface area contributed by atoms with Crippen LogP contribution in [-0.4, -0.2) is 9.30 Å². The van der Waals surface area contributed by atoms with Crippen LogP contribution in [0.5, 0.6) is 0 Å². The van der Waals surface area contributed by atoms with Crippen molar-refractivity contribution in [2.45, 2.75) is 4.34 Å². The molecule has 1 N–H and O–H groups in total. The first-order valence-corrected chi connectivity index (χ1v) is 7.75. The van der Waals surface area contributed by atoms with E-state index < -0.39 is 0 Å². The number of aromatic nitrogens is 1. The summed E-state index contributed by atoms with van der Waals surface area (Å²) in [6, 6.07) is 18.0. The molecule has 0 amide bonds. The van der Waals surface area contributed by atoms with Gasteiger partial charge in [0.25, 0.3) is 0 Å². The van der Waals surface area contributed by atoms with E-state index in [0.717, 1.165) is 15.5 Å². The van der Waals surface area contributed by atoms with Crippen LogP contribution in [0.15, 0.2) is 58.9 Å². The smallest absolute Gasteiger partial charge is 0.158 e. The summed E-state index contributed by atoms with van der Waals surface area (Å²) in [5.74, 6) is 0. The van der Waals surface area contributed by atoms with Gasteiger partial charge in [0.05, 0.1) is 10.2 Å². The number of fused-ring (bicyclic) bond motifs is 1. The molecule has 0 saturated carbocycles. The number of thioether (sulfide) groups is 1. The molecule has 1 aromatic heterocycles. The number of para-hydroxylation sites is 2. The van der Waals surface area contributed by atoms with Crippen LogP contribution in [0.1, 0.15) is 0 Å². The van der Waals surface area contributed by atoms with Crippen molar-refractivity contribution in [3.63, 3.8) is 0 Å². The fourth-order valence-corrected chi connectivity index (χ4v) is 4.01. The second-order valence-electron chi connectivity index (χ2n) is 3.83. The summed E-state index contributed by atoms with van der Waals surface area (Å²) in [5, 5.41) is 3.20. The van der Waals surface area contributed by atoms with Crippen LogP contribution in [-0.2, 0) is 0 Å². The summed E-state index contributed by atoms with van der Waals surface area (Å²) in [6.45, 7) is 0. The Bertz CT molecular complexity index is 674. The van der Waals surface area contributed by atoms with Gasteiger partial charge < -0.3 is 5.32 Å². The van der Waals surface area contributed by atoms with E-state index in [9.17, 15) is 0 Å². The van der Waals surface area contributed by atoms with Crippen molar-refractivity contribution in [3.8, 4) is 0 Å². The molecular weight excluding hydrogens is 292 g/mol. The quantitative estimate of drug-likeness (QED) is 0.544. The minimum Gasteiger partial charge on any atom is -0.341 e. The SMILES string of the molecule is S=C(Nc1ccccc1)Sc1nc2ccccc2s1. The second-order valence-corrected chi connectivity index (χ2v) is 6.78. The molecule has 3 aromatic rings. The zero-order chi connectivity index (χ0) is 13.1. The molecule has 94 valence electrons. The molecule has 1 heterocycles. The fourth-order valence-electron chi connectivity index (χ4n) is 1.64. The van der Waals surface area contributed by atoms with Gasteiger partial charge in [-0.3, -0.25) is 0 Å². The summed E-state index contributed by atoms with van der Waals surface area (Å²) in [4.78, 5) is 4.55. The first kappa shape index (κ1) is 12.6. The molecule has 0 atom stereocenters. The van der Waals surface area contributed by atoms with Gasteiger partial charge in [-0.25, -0.2) is 4.98 Å². The molecule has 0 saturated heterocycles. The Hall–Kier alpha value is -1.43. The first-order valence-electron chi connectivity index (χ1n) is 5.71. The molecular formula is C14H10N2S3. The lowest BCUT2D eigenvalue weighted by atomic mass is 10.3. The van der Waals surface area contributed by atoms with Crippen molar-refractivity contribution in [3.05, 3.63) is 54.6 Å². The van der Waals surface area contributed by atoms with Crippen LogP contribution in [0.4, 0.5) is 5.69 Å². The van der Waals surface area contributed by atoms with Crippen molar-refractivity contribution < 1.29 is 0 Å². The van der Waals surface area contributed by atoms with Gasteiger partial charge in [-0.05, 0) is 36.0 Å². The fraction of sp³-hybridized carbons (Fsp3) is 0. The van der Waals surface area contributed by atoms with E-state index in [1.165, 1.54) is 16.5 Å². The molecule has 5 heteroatoms. The zero-order valence-electron chi connectivity index (χ0n) is 9.87. The topological polar surface area (TPSA) is 24.9 Å². The monoisotopic (exact) mass is 302 g/mol. The molecule has 0 aliphatic rings. The van der Waals surface area contributed by atoms with Crippen LogP contribution < -0.4 is 5.32 Å². The Morgan fingerprint density at radius 3 is 2.58 bits per heavy atom. The van der Waals surface area contributed by atoms with Crippen molar-refractivity contribution in [1.82, 2.24) is 4.98 Å². The molecule has 0 bridgehead atoms. The highest BCUT2D eigenvalue weighted by atomic mass is 32.2. The van der Waals surface area contributed by atoms with Gasteiger partial charge in [0.15, 0.2) is 4.34 Å². The molecule has 0 spiro atoms. The molecule has 0 unspecified atom stereocenters. The standard InChI is InChI=1S/C14H10N2S3/c17-13(15-10-6-2-1-3-7-10)19-14-16-11-8-4-5-9-12(11)18-14/h1-9H,(H,15,17). The number of benzene rings is 2. The summed E-state index contributed by atoms with van der Waals surface area (Å²) in [7, 11) is 0. The lowest BCUT2D eigenvalue weighted by Crippen LogP contribution is -2.03. The maximum Gasteiger partial charge on any atom is 0.158 e. The number of nitrogens with zero attached hydrogens (tertiary/aromatic N) is 1. The summed E-state index contributed by atoms with van der Waals surface area (Å²) >= 11 is 8.49. The number of thiazole rings is 1. The third kappa shape index (κ3) is 3.12. The number of hydrogen-bond acceptors (Lipinski definition) is 4. The maximum absolute atomic E-state index is 5.34. The van der Waals surface area contributed by atoms with Gasteiger partial charge in [-0.2, -0.15) is 0 Å². The number of thiocarbonyl (C=S) groups is 1. The van der Waals surface area contributed by atoms with Crippen molar-refractivity contribution in [2.75, 3.05) is 5.32 Å². The third-order valence-corrected chi connectivity index (χ3v) is 4.71. The molecule has 3 rings (SSSR count). The van der Waals surface area contributed by atoms with E-state index in [0.29, 0.717) is 4.32 Å². The van der Waals surface area contributed by atoms with Crippen LogP contribution in [0.25, 0.3) is 10.2 Å². The van der Waals surface area contributed by atoms with Crippen LogP contribution in [0.3, 0.4) is 0 Å². The van der Waals surface area contributed by atoms with E-state index in [2.05, 4.69) is 16.4 Å². The lowest BCUT2D eigenvalue weighted by molar-refractivity contribution is 1.31. The molecule has 0 aliphatic carbocycles.